The Hall–Kier alpha value is -0.980. The van der Waals surface area contributed by atoms with Crippen molar-refractivity contribution in [1.29, 1.82) is 0 Å². The van der Waals surface area contributed by atoms with Crippen molar-refractivity contribution in [3.8, 4) is 5.75 Å². The molecule has 2 aliphatic rings. The summed E-state index contributed by atoms with van der Waals surface area (Å²) in [4.78, 5) is 0. The Balaban J connectivity index is 1.35. The van der Waals surface area contributed by atoms with Gasteiger partial charge < -0.3 is 5.11 Å². The van der Waals surface area contributed by atoms with Crippen molar-refractivity contribution >= 4 is 0 Å². The summed E-state index contributed by atoms with van der Waals surface area (Å²) in [5.41, 5.74) is 4.00. The molecule has 0 radical (unpaired) electrons. The maximum Gasteiger partial charge on any atom is 0.118 e. The van der Waals surface area contributed by atoms with Crippen molar-refractivity contribution in [3.05, 3.63) is 29.3 Å². The molecule has 3 rings (SSSR count). The van der Waals surface area contributed by atoms with Crippen LogP contribution >= 0.6 is 0 Å². The second-order valence-corrected chi connectivity index (χ2v) is 9.40. The van der Waals surface area contributed by atoms with E-state index in [9.17, 15) is 5.11 Å². The average Bonchev–Trinajstić information content (AvgIpc) is 3.52. The van der Waals surface area contributed by atoms with E-state index in [2.05, 4.69) is 26.0 Å². The Bertz CT molecular complexity index is 551. The van der Waals surface area contributed by atoms with E-state index in [1.807, 2.05) is 6.07 Å². The molecule has 1 heteroatoms. The molecule has 0 amide bonds. The molecule has 25 heavy (non-hydrogen) atoms. The van der Waals surface area contributed by atoms with Gasteiger partial charge in [-0.25, -0.2) is 0 Å². The number of aryl methyl sites for hydroxylation is 2. The molecular formula is C24H38O. The topological polar surface area (TPSA) is 20.2 Å². The lowest BCUT2D eigenvalue weighted by Gasteiger charge is -2.12. The van der Waals surface area contributed by atoms with Crippen molar-refractivity contribution in [3.63, 3.8) is 0 Å². The first-order valence-electron chi connectivity index (χ1n) is 10.9. The van der Waals surface area contributed by atoms with Gasteiger partial charge in [-0.05, 0) is 92.2 Å². The van der Waals surface area contributed by atoms with Gasteiger partial charge in [-0.3, -0.25) is 0 Å². The van der Waals surface area contributed by atoms with Crippen LogP contribution in [0.25, 0.3) is 0 Å². The zero-order valence-corrected chi connectivity index (χ0v) is 16.6. The third-order valence-electron chi connectivity index (χ3n) is 7.10. The van der Waals surface area contributed by atoms with Crippen LogP contribution in [0.5, 0.6) is 5.75 Å². The first kappa shape index (κ1) is 18.8. The van der Waals surface area contributed by atoms with E-state index < -0.39 is 0 Å². The molecule has 1 N–H and O–H groups in total. The molecule has 1 aromatic rings. The van der Waals surface area contributed by atoms with Gasteiger partial charge in [0.25, 0.3) is 0 Å². The molecule has 2 saturated carbocycles. The number of rotatable bonds is 12. The van der Waals surface area contributed by atoms with Crippen LogP contribution in [0.1, 0.15) is 102 Å². The zero-order chi connectivity index (χ0) is 17.8. The maximum atomic E-state index is 10.1. The Morgan fingerprint density at radius 1 is 0.880 bits per heavy atom. The first-order chi connectivity index (χ1) is 12.0. The fourth-order valence-electron chi connectivity index (χ4n) is 4.29. The minimum Gasteiger partial charge on any atom is -0.508 e. The molecule has 0 bridgehead atoms. The normalized spacial score (nSPS) is 19.8. The molecule has 0 heterocycles. The number of unbranched alkanes of at least 4 members (excludes halogenated alkanes) is 3. The Morgan fingerprint density at radius 2 is 1.60 bits per heavy atom. The number of hydrogen-bond donors (Lipinski definition) is 1. The Labute approximate surface area is 155 Å². The third-order valence-corrected chi connectivity index (χ3v) is 7.10. The van der Waals surface area contributed by atoms with E-state index in [0.29, 0.717) is 11.2 Å². The quantitative estimate of drug-likeness (QED) is 0.398. The molecule has 0 atom stereocenters. The number of aromatic hydroxyl groups is 1. The highest BCUT2D eigenvalue weighted by Gasteiger charge is 2.39. The third kappa shape index (κ3) is 5.76. The lowest BCUT2D eigenvalue weighted by Crippen LogP contribution is -1.98. The van der Waals surface area contributed by atoms with Crippen LogP contribution in [0.4, 0.5) is 0 Å². The van der Waals surface area contributed by atoms with Gasteiger partial charge >= 0.3 is 0 Å². The number of phenolic OH excluding ortho intramolecular Hbond substituents is 1. The fraction of sp³-hybridized carbons (Fsp3) is 0.750. The summed E-state index contributed by atoms with van der Waals surface area (Å²) in [5.74, 6) is 0.500. The monoisotopic (exact) mass is 342 g/mol. The van der Waals surface area contributed by atoms with Crippen LogP contribution in [0, 0.1) is 10.8 Å². The molecular weight excluding hydrogens is 304 g/mol. The molecule has 2 aliphatic carbocycles. The van der Waals surface area contributed by atoms with Crippen LogP contribution in [0.3, 0.4) is 0 Å². The summed E-state index contributed by atoms with van der Waals surface area (Å²) in [6.07, 6.45) is 18.8. The molecule has 0 aliphatic heterocycles. The van der Waals surface area contributed by atoms with E-state index in [-0.39, 0.29) is 0 Å². The molecule has 0 spiro atoms. The summed E-state index contributed by atoms with van der Waals surface area (Å²) in [6, 6.07) is 6.31. The van der Waals surface area contributed by atoms with Crippen molar-refractivity contribution in [2.75, 3.05) is 0 Å². The predicted octanol–water partition coefficient (Wildman–Crippen LogP) is 7.20. The van der Waals surface area contributed by atoms with Crippen molar-refractivity contribution in [2.45, 2.75) is 104 Å². The Morgan fingerprint density at radius 3 is 2.28 bits per heavy atom. The molecule has 0 unspecified atom stereocenters. The van der Waals surface area contributed by atoms with Crippen LogP contribution in [0.15, 0.2) is 18.2 Å². The summed E-state index contributed by atoms with van der Waals surface area (Å²) in [7, 11) is 0. The maximum absolute atomic E-state index is 10.1. The summed E-state index contributed by atoms with van der Waals surface area (Å²) >= 11 is 0. The molecule has 0 saturated heterocycles. The van der Waals surface area contributed by atoms with E-state index in [1.54, 1.807) is 0 Å². The molecule has 140 valence electrons. The lowest BCUT2D eigenvalue weighted by molar-refractivity contribution is 0.422. The van der Waals surface area contributed by atoms with E-state index >= 15 is 0 Å². The van der Waals surface area contributed by atoms with Crippen molar-refractivity contribution in [1.82, 2.24) is 0 Å². The van der Waals surface area contributed by atoms with Crippen LogP contribution < -0.4 is 0 Å². The van der Waals surface area contributed by atoms with Gasteiger partial charge in [-0.2, -0.15) is 0 Å². The van der Waals surface area contributed by atoms with Crippen LogP contribution in [-0.4, -0.2) is 5.11 Å². The second-order valence-electron chi connectivity index (χ2n) is 9.40. The first-order valence-corrected chi connectivity index (χ1v) is 10.9. The number of benzene rings is 1. The smallest absolute Gasteiger partial charge is 0.118 e. The molecule has 1 nitrogen and oxygen atoms in total. The van der Waals surface area contributed by atoms with Gasteiger partial charge in [0.15, 0.2) is 0 Å². The summed E-state index contributed by atoms with van der Waals surface area (Å²) in [6.45, 7) is 4.77. The van der Waals surface area contributed by atoms with Gasteiger partial charge in [0, 0.05) is 0 Å². The second kappa shape index (κ2) is 8.14. The minimum atomic E-state index is 0.500. The van der Waals surface area contributed by atoms with E-state index in [0.717, 1.165) is 11.8 Å². The van der Waals surface area contributed by atoms with E-state index in [1.165, 1.54) is 94.6 Å². The highest BCUT2D eigenvalue weighted by molar-refractivity contribution is 5.36. The van der Waals surface area contributed by atoms with E-state index in [4.69, 9.17) is 0 Å². The minimum absolute atomic E-state index is 0.500. The number of phenols is 1. The fourth-order valence-corrected chi connectivity index (χ4v) is 4.29. The lowest BCUT2D eigenvalue weighted by atomic mass is 9.94. The van der Waals surface area contributed by atoms with Gasteiger partial charge in [-0.15, -0.1) is 0 Å². The molecule has 2 fully saturated rings. The highest BCUT2D eigenvalue weighted by Crippen LogP contribution is 2.52. The summed E-state index contributed by atoms with van der Waals surface area (Å²) in [5, 5.41) is 10.1. The highest BCUT2D eigenvalue weighted by atomic mass is 16.3. The van der Waals surface area contributed by atoms with Gasteiger partial charge in [-0.1, -0.05) is 51.7 Å². The molecule has 0 aromatic heterocycles. The predicted molar refractivity (Wildman–Crippen MR) is 107 cm³/mol. The largest absolute Gasteiger partial charge is 0.508 e. The van der Waals surface area contributed by atoms with Crippen molar-refractivity contribution in [2.24, 2.45) is 10.8 Å². The van der Waals surface area contributed by atoms with Gasteiger partial charge in [0.2, 0.25) is 0 Å². The SMILES string of the molecule is CCC1(CCCCCc2ccc(O)c(CCCCC3(C)CC3)c2)CC1. The average molecular weight is 343 g/mol. The van der Waals surface area contributed by atoms with Crippen LogP contribution in [-0.2, 0) is 12.8 Å². The van der Waals surface area contributed by atoms with Gasteiger partial charge in [0.1, 0.15) is 5.75 Å². The zero-order valence-electron chi connectivity index (χ0n) is 16.6. The summed E-state index contributed by atoms with van der Waals surface area (Å²) < 4.78 is 0. The molecule has 1 aromatic carbocycles. The van der Waals surface area contributed by atoms with Gasteiger partial charge in [0.05, 0.1) is 0 Å². The van der Waals surface area contributed by atoms with Crippen LogP contribution in [0.2, 0.25) is 0 Å². The Kier molecular flexibility index (Phi) is 6.12. The number of hydrogen-bond acceptors (Lipinski definition) is 1. The standard InChI is InChI=1S/C24H38O/c1-3-24(17-18-24)14-7-4-5-9-20-11-12-22(25)21(19-20)10-6-8-13-23(2)15-16-23/h11-12,19,25H,3-10,13-18H2,1-2H3. The van der Waals surface area contributed by atoms with Crippen molar-refractivity contribution < 1.29 is 5.11 Å².